The van der Waals surface area contributed by atoms with Crippen molar-refractivity contribution < 1.29 is 0 Å². The molecule has 0 aromatic carbocycles. The molecule has 1 saturated heterocycles. The molecule has 3 atom stereocenters. The van der Waals surface area contributed by atoms with Gasteiger partial charge in [-0.1, -0.05) is 6.92 Å². The van der Waals surface area contributed by atoms with Gasteiger partial charge in [-0.15, -0.1) is 0 Å². The van der Waals surface area contributed by atoms with E-state index < -0.39 is 0 Å². The van der Waals surface area contributed by atoms with Crippen LogP contribution in [0.3, 0.4) is 0 Å². The van der Waals surface area contributed by atoms with Crippen molar-refractivity contribution in [2.24, 2.45) is 5.92 Å². The van der Waals surface area contributed by atoms with Crippen LogP contribution < -0.4 is 5.32 Å². The molecule has 54 valence electrons. The maximum absolute atomic E-state index is 3.51. The van der Waals surface area contributed by atoms with E-state index in [9.17, 15) is 0 Å². The average molecular weight is 127 g/mol. The van der Waals surface area contributed by atoms with Crippen LogP contribution in [0.4, 0.5) is 0 Å². The van der Waals surface area contributed by atoms with E-state index in [2.05, 4.69) is 26.1 Å². The highest BCUT2D eigenvalue weighted by Gasteiger charge is 2.18. The number of hydrogen-bond donors (Lipinski definition) is 1. The Balaban J connectivity index is 2.34. The van der Waals surface area contributed by atoms with E-state index in [1.807, 2.05) is 0 Å². The molecule has 0 aliphatic carbocycles. The lowest BCUT2D eigenvalue weighted by atomic mass is 9.91. The molecule has 9 heavy (non-hydrogen) atoms. The van der Waals surface area contributed by atoms with Gasteiger partial charge in [0.05, 0.1) is 0 Å². The van der Waals surface area contributed by atoms with Crippen LogP contribution in [0.1, 0.15) is 33.6 Å². The van der Waals surface area contributed by atoms with Gasteiger partial charge in [-0.3, -0.25) is 0 Å². The summed E-state index contributed by atoms with van der Waals surface area (Å²) in [6, 6.07) is 1.48. The number of hydrogen-bond acceptors (Lipinski definition) is 1. The van der Waals surface area contributed by atoms with E-state index in [-0.39, 0.29) is 0 Å². The third-order valence-electron chi connectivity index (χ3n) is 2.08. The van der Waals surface area contributed by atoms with Gasteiger partial charge in [0.15, 0.2) is 0 Å². The maximum atomic E-state index is 3.51. The first-order valence-corrected chi connectivity index (χ1v) is 3.94. The Morgan fingerprint density at radius 1 is 1.00 bits per heavy atom. The van der Waals surface area contributed by atoms with E-state index >= 15 is 0 Å². The number of rotatable bonds is 0. The highest BCUT2D eigenvalue weighted by atomic mass is 14.9. The number of nitrogens with one attached hydrogen (secondary N) is 1. The molecule has 0 radical (unpaired) electrons. The van der Waals surface area contributed by atoms with Gasteiger partial charge in [0.2, 0.25) is 0 Å². The molecular formula is C8H17N. The van der Waals surface area contributed by atoms with Gasteiger partial charge >= 0.3 is 0 Å². The second kappa shape index (κ2) is 2.70. The predicted octanol–water partition coefficient (Wildman–Crippen LogP) is 1.78. The fourth-order valence-electron chi connectivity index (χ4n) is 1.93. The summed E-state index contributed by atoms with van der Waals surface area (Å²) in [5.74, 6) is 0.927. The average Bonchev–Trinajstić information content (AvgIpc) is 1.59. The molecule has 1 nitrogen and oxygen atoms in total. The van der Waals surface area contributed by atoms with Crippen molar-refractivity contribution in [3.63, 3.8) is 0 Å². The molecule has 0 bridgehead atoms. The van der Waals surface area contributed by atoms with Crippen molar-refractivity contribution in [2.45, 2.75) is 45.7 Å². The van der Waals surface area contributed by atoms with Gasteiger partial charge in [-0.25, -0.2) is 0 Å². The van der Waals surface area contributed by atoms with Crippen LogP contribution in [0.25, 0.3) is 0 Å². The Hall–Kier alpha value is -0.0400. The predicted molar refractivity (Wildman–Crippen MR) is 40.5 cm³/mol. The second-order valence-corrected chi connectivity index (χ2v) is 3.55. The molecule has 0 amide bonds. The Labute approximate surface area is 57.8 Å². The SMILES string of the molecule is C[C@H]1C[C@@H](C)N[C@@H](C)C1. The topological polar surface area (TPSA) is 12.0 Å². The Bertz CT molecular complexity index is 65.5. The first-order valence-electron chi connectivity index (χ1n) is 3.94. The summed E-state index contributed by atoms with van der Waals surface area (Å²) in [7, 11) is 0. The minimum atomic E-state index is 0.740. The minimum absolute atomic E-state index is 0.740. The van der Waals surface area contributed by atoms with Crippen molar-refractivity contribution in [3.8, 4) is 0 Å². The zero-order valence-corrected chi connectivity index (χ0v) is 6.65. The zero-order valence-electron chi connectivity index (χ0n) is 6.65. The lowest BCUT2D eigenvalue weighted by molar-refractivity contribution is 0.279. The smallest absolute Gasteiger partial charge is 0.00437 e. The quantitative estimate of drug-likeness (QED) is 0.523. The first kappa shape index (κ1) is 7.07. The summed E-state index contributed by atoms with van der Waals surface area (Å²) in [5.41, 5.74) is 0. The fraction of sp³-hybridized carbons (Fsp3) is 1.00. The summed E-state index contributed by atoms with van der Waals surface area (Å²) in [5, 5.41) is 3.51. The molecule has 1 heteroatoms. The summed E-state index contributed by atoms with van der Waals surface area (Å²) in [4.78, 5) is 0. The molecule has 1 aliphatic rings. The van der Waals surface area contributed by atoms with Crippen LogP contribution in [0.5, 0.6) is 0 Å². The van der Waals surface area contributed by atoms with Crippen molar-refractivity contribution in [3.05, 3.63) is 0 Å². The first-order chi connectivity index (χ1) is 4.18. The van der Waals surface area contributed by atoms with E-state index in [1.165, 1.54) is 12.8 Å². The Morgan fingerprint density at radius 2 is 1.44 bits per heavy atom. The lowest BCUT2D eigenvalue weighted by Crippen LogP contribution is -2.41. The molecule has 0 unspecified atom stereocenters. The van der Waals surface area contributed by atoms with Crippen LogP contribution in [0, 0.1) is 5.92 Å². The van der Waals surface area contributed by atoms with Crippen LogP contribution in [0.2, 0.25) is 0 Å². The van der Waals surface area contributed by atoms with E-state index in [0.29, 0.717) is 0 Å². The number of piperidine rings is 1. The van der Waals surface area contributed by atoms with Crippen molar-refractivity contribution in [1.82, 2.24) is 5.32 Å². The summed E-state index contributed by atoms with van der Waals surface area (Å²) >= 11 is 0. The van der Waals surface area contributed by atoms with Gasteiger partial charge in [0.1, 0.15) is 0 Å². The lowest BCUT2D eigenvalue weighted by Gasteiger charge is -2.30. The zero-order chi connectivity index (χ0) is 6.85. The summed E-state index contributed by atoms with van der Waals surface area (Å²) in [6.07, 6.45) is 2.70. The van der Waals surface area contributed by atoms with E-state index in [4.69, 9.17) is 0 Å². The largest absolute Gasteiger partial charge is 0.312 e. The fourth-order valence-corrected chi connectivity index (χ4v) is 1.93. The maximum Gasteiger partial charge on any atom is 0.00437 e. The van der Waals surface area contributed by atoms with Gasteiger partial charge in [0, 0.05) is 12.1 Å². The molecule has 0 aromatic rings. The van der Waals surface area contributed by atoms with E-state index in [1.54, 1.807) is 0 Å². The van der Waals surface area contributed by atoms with Crippen molar-refractivity contribution >= 4 is 0 Å². The van der Waals surface area contributed by atoms with Gasteiger partial charge in [-0.05, 0) is 32.6 Å². The van der Waals surface area contributed by atoms with Crippen LogP contribution in [-0.4, -0.2) is 12.1 Å². The molecule has 1 fully saturated rings. The molecule has 0 saturated carbocycles. The summed E-state index contributed by atoms with van der Waals surface area (Å²) < 4.78 is 0. The molecule has 1 heterocycles. The van der Waals surface area contributed by atoms with Crippen molar-refractivity contribution in [1.29, 1.82) is 0 Å². The molecule has 1 N–H and O–H groups in total. The minimum Gasteiger partial charge on any atom is -0.312 e. The molecule has 0 spiro atoms. The van der Waals surface area contributed by atoms with Gasteiger partial charge in [0.25, 0.3) is 0 Å². The summed E-state index contributed by atoms with van der Waals surface area (Å²) in [6.45, 7) is 6.88. The Kier molecular flexibility index (Phi) is 2.12. The van der Waals surface area contributed by atoms with Crippen LogP contribution in [-0.2, 0) is 0 Å². The van der Waals surface area contributed by atoms with Crippen LogP contribution >= 0.6 is 0 Å². The highest BCUT2D eigenvalue weighted by molar-refractivity contribution is 4.77. The molecule has 1 aliphatic heterocycles. The highest BCUT2D eigenvalue weighted by Crippen LogP contribution is 2.18. The van der Waals surface area contributed by atoms with Crippen molar-refractivity contribution in [2.75, 3.05) is 0 Å². The van der Waals surface area contributed by atoms with E-state index in [0.717, 1.165) is 18.0 Å². The molecule has 1 rings (SSSR count). The third kappa shape index (κ3) is 1.98. The monoisotopic (exact) mass is 127 g/mol. The van der Waals surface area contributed by atoms with Crippen LogP contribution in [0.15, 0.2) is 0 Å². The van der Waals surface area contributed by atoms with Gasteiger partial charge < -0.3 is 5.32 Å². The normalized spacial score (nSPS) is 45.0. The third-order valence-corrected chi connectivity index (χ3v) is 2.08. The molecular weight excluding hydrogens is 110 g/mol. The standard InChI is InChI=1S/C8H17N/c1-6-4-7(2)9-8(3)5-6/h6-9H,4-5H2,1-3H3/t6-,7+,8-. The molecule has 0 aromatic heterocycles. The second-order valence-electron chi connectivity index (χ2n) is 3.55. The Morgan fingerprint density at radius 3 is 1.78 bits per heavy atom. The van der Waals surface area contributed by atoms with Gasteiger partial charge in [-0.2, -0.15) is 0 Å².